The standard InChI is InChI=1S/C16H32N2O2/c19-15(13-17-9-3-1-4-10-17)7-8-16(20)14-18-11-5-2-6-12-18/h15-16,19-20H,1-14H2/t15-,16?/m1/s1. The molecule has 0 aromatic heterocycles. The van der Waals surface area contributed by atoms with E-state index in [1.54, 1.807) is 0 Å². The third-order valence-corrected chi connectivity index (χ3v) is 4.67. The van der Waals surface area contributed by atoms with Crippen LogP contribution in [0.1, 0.15) is 51.4 Å². The lowest BCUT2D eigenvalue weighted by atomic mass is 10.1. The van der Waals surface area contributed by atoms with Gasteiger partial charge in [0.25, 0.3) is 0 Å². The first-order valence-corrected chi connectivity index (χ1v) is 8.55. The highest BCUT2D eigenvalue weighted by Gasteiger charge is 2.18. The van der Waals surface area contributed by atoms with Gasteiger partial charge in [0.1, 0.15) is 0 Å². The second-order valence-corrected chi connectivity index (χ2v) is 6.61. The summed E-state index contributed by atoms with van der Waals surface area (Å²) >= 11 is 0. The van der Waals surface area contributed by atoms with E-state index in [1.165, 1.54) is 38.5 Å². The summed E-state index contributed by atoms with van der Waals surface area (Å²) in [4.78, 5) is 4.73. The maximum absolute atomic E-state index is 10.1. The molecule has 2 atom stereocenters. The molecule has 4 nitrogen and oxygen atoms in total. The molecule has 0 radical (unpaired) electrons. The SMILES string of the molecule is OC(CC[C@@H](O)CN1CCCCC1)CN1CCCCC1. The normalized spacial score (nSPS) is 25.5. The lowest BCUT2D eigenvalue weighted by Gasteiger charge is -2.30. The smallest absolute Gasteiger partial charge is 0.0668 e. The van der Waals surface area contributed by atoms with Gasteiger partial charge in [0.05, 0.1) is 12.2 Å². The molecule has 0 aliphatic carbocycles. The Bertz CT molecular complexity index is 225. The summed E-state index contributed by atoms with van der Waals surface area (Å²) in [5.74, 6) is 0. The van der Waals surface area contributed by atoms with Crippen molar-refractivity contribution < 1.29 is 10.2 Å². The number of aliphatic hydroxyl groups is 2. The summed E-state index contributed by atoms with van der Waals surface area (Å²) < 4.78 is 0. The van der Waals surface area contributed by atoms with Crippen LogP contribution in [0.5, 0.6) is 0 Å². The summed E-state index contributed by atoms with van der Waals surface area (Å²) in [5.41, 5.74) is 0. The summed E-state index contributed by atoms with van der Waals surface area (Å²) in [6.07, 6.45) is 8.65. The number of β-amino-alcohol motifs (C(OH)–C–C–N with tert-alkyl or cyclic N) is 2. The van der Waals surface area contributed by atoms with Crippen molar-refractivity contribution >= 4 is 0 Å². The Kier molecular flexibility index (Phi) is 7.28. The van der Waals surface area contributed by atoms with E-state index in [0.29, 0.717) is 0 Å². The molecule has 0 amide bonds. The molecule has 2 rings (SSSR count). The topological polar surface area (TPSA) is 46.9 Å². The van der Waals surface area contributed by atoms with E-state index in [4.69, 9.17) is 0 Å². The van der Waals surface area contributed by atoms with E-state index in [1.807, 2.05) is 0 Å². The summed E-state index contributed by atoms with van der Waals surface area (Å²) in [7, 11) is 0. The van der Waals surface area contributed by atoms with E-state index in [9.17, 15) is 10.2 Å². The molecule has 2 aliphatic rings. The summed E-state index contributed by atoms with van der Waals surface area (Å²) in [6.45, 7) is 6.11. The monoisotopic (exact) mass is 284 g/mol. The first kappa shape index (κ1) is 16.2. The number of piperidine rings is 2. The second kappa shape index (κ2) is 8.98. The highest BCUT2D eigenvalue weighted by Crippen LogP contribution is 2.13. The number of likely N-dealkylation sites (tertiary alicyclic amines) is 2. The highest BCUT2D eigenvalue weighted by atomic mass is 16.3. The minimum Gasteiger partial charge on any atom is -0.392 e. The zero-order valence-electron chi connectivity index (χ0n) is 12.8. The fourth-order valence-electron chi connectivity index (χ4n) is 3.45. The fraction of sp³-hybridized carbons (Fsp3) is 1.00. The zero-order valence-corrected chi connectivity index (χ0v) is 12.8. The molecule has 2 fully saturated rings. The number of rotatable bonds is 7. The van der Waals surface area contributed by atoms with Crippen LogP contribution in [0.15, 0.2) is 0 Å². The number of nitrogens with zero attached hydrogens (tertiary/aromatic N) is 2. The molecular formula is C16H32N2O2. The molecule has 0 bridgehead atoms. The Morgan fingerprint density at radius 3 is 1.30 bits per heavy atom. The van der Waals surface area contributed by atoms with Crippen molar-refractivity contribution in [3.05, 3.63) is 0 Å². The van der Waals surface area contributed by atoms with Crippen LogP contribution in [0.2, 0.25) is 0 Å². The molecule has 2 saturated heterocycles. The average Bonchev–Trinajstić information content (AvgIpc) is 2.47. The predicted octanol–water partition coefficient (Wildman–Crippen LogP) is 1.46. The van der Waals surface area contributed by atoms with Gasteiger partial charge in [-0.25, -0.2) is 0 Å². The van der Waals surface area contributed by atoms with Crippen LogP contribution in [-0.4, -0.2) is 71.5 Å². The molecule has 2 heterocycles. The van der Waals surface area contributed by atoms with Gasteiger partial charge in [-0.15, -0.1) is 0 Å². The van der Waals surface area contributed by atoms with Crippen LogP contribution in [0, 0.1) is 0 Å². The molecule has 0 saturated carbocycles. The van der Waals surface area contributed by atoms with Crippen LogP contribution in [0.4, 0.5) is 0 Å². The molecule has 0 aromatic rings. The van der Waals surface area contributed by atoms with Crippen molar-refractivity contribution in [3.8, 4) is 0 Å². The van der Waals surface area contributed by atoms with Crippen molar-refractivity contribution in [2.45, 2.75) is 63.6 Å². The van der Waals surface area contributed by atoms with Gasteiger partial charge in [0.15, 0.2) is 0 Å². The maximum atomic E-state index is 10.1. The maximum Gasteiger partial charge on any atom is 0.0668 e. The Morgan fingerprint density at radius 1 is 0.600 bits per heavy atom. The van der Waals surface area contributed by atoms with Gasteiger partial charge < -0.3 is 20.0 Å². The van der Waals surface area contributed by atoms with Gasteiger partial charge in [0, 0.05) is 13.1 Å². The van der Waals surface area contributed by atoms with Crippen molar-refractivity contribution in [2.24, 2.45) is 0 Å². The van der Waals surface area contributed by atoms with E-state index < -0.39 is 0 Å². The predicted molar refractivity (Wildman–Crippen MR) is 81.8 cm³/mol. The largest absolute Gasteiger partial charge is 0.392 e. The summed E-state index contributed by atoms with van der Waals surface area (Å²) in [5, 5.41) is 20.2. The lowest BCUT2D eigenvalue weighted by Crippen LogP contribution is -2.38. The van der Waals surface area contributed by atoms with Gasteiger partial charge in [-0.2, -0.15) is 0 Å². The van der Waals surface area contributed by atoms with Crippen LogP contribution in [-0.2, 0) is 0 Å². The number of hydrogen-bond donors (Lipinski definition) is 2. The quantitative estimate of drug-likeness (QED) is 0.743. The van der Waals surface area contributed by atoms with Gasteiger partial charge in [-0.1, -0.05) is 12.8 Å². The molecule has 20 heavy (non-hydrogen) atoms. The van der Waals surface area contributed by atoms with Crippen LogP contribution in [0.3, 0.4) is 0 Å². The van der Waals surface area contributed by atoms with Crippen molar-refractivity contribution in [1.29, 1.82) is 0 Å². The average molecular weight is 284 g/mol. The number of hydrogen-bond acceptors (Lipinski definition) is 4. The van der Waals surface area contributed by atoms with Crippen LogP contribution in [0.25, 0.3) is 0 Å². The third kappa shape index (κ3) is 6.08. The fourth-order valence-corrected chi connectivity index (χ4v) is 3.45. The molecule has 2 N–H and O–H groups in total. The molecular weight excluding hydrogens is 252 g/mol. The van der Waals surface area contributed by atoms with Crippen molar-refractivity contribution in [3.63, 3.8) is 0 Å². The Balaban J connectivity index is 1.55. The van der Waals surface area contributed by atoms with Crippen LogP contribution >= 0.6 is 0 Å². The second-order valence-electron chi connectivity index (χ2n) is 6.61. The zero-order chi connectivity index (χ0) is 14.2. The minimum atomic E-state index is -0.274. The van der Waals surface area contributed by atoms with Crippen molar-refractivity contribution in [2.75, 3.05) is 39.3 Å². The van der Waals surface area contributed by atoms with E-state index in [0.717, 1.165) is 52.1 Å². The Labute approximate surface area is 123 Å². The molecule has 4 heteroatoms. The van der Waals surface area contributed by atoms with Crippen LogP contribution < -0.4 is 0 Å². The molecule has 1 unspecified atom stereocenters. The van der Waals surface area contributed by atoms with E-state index in [2.05, 4.69) is 9.80 Å². The molecule has 0 aromatic carbocycles. The number of aliphatic hydroxyl groups excluding tert-OH is 2. The van der Waals surface area contributed by atoms with Gasteiger partial charge in [0.2, 0.25) is 0 Å². The highest BCUT2D eigenvalue weighted by molar-refractivity contribution is 4.73. The lowest BCUT2D eigenvalue weighted by molar-refractivity contribution is 0.0582. The van der Waals surface area contributed by atoms with Gasteiger partial charge in [-0.05, 0) is 64.7 Å². The van der Waals surface area contributed by atoms with Gasteiger partial charge >= 0.3 is 0 Å². The first-order valence-electron chi connectivity index (χ1n) is 8.55. The van der Waals surface area contributed by atoms with Crippen molar-refractivity contribution in [1.82, 2.24) is 9.80 Å². The molecule has 2 aliphatic heterocycles. The molecule has 118 valence electrons. The first-order chi connectivity index (χ1) is 9.74. The van der Waals surface area contributed by atoms with E-state index in [-0.39, 0.29) is 12.2 Å². The minimum absolute atomic E-state index is 0.274. The van der Waals surface area contributed by atoms with E-state index >= 15 is 0 Å². The Morgan fingerprint density at radius 2 is 0.950 bits per heavy atom. The Hall–Kier alpha value is -0.160. The van der Waals surface area contributed by atoms with Gasteiger partial charge in [-0.3, -0.25) is 0 Å². The third-order valence-electron chi connectivity index (χ3n) is 4.67. The summed E-state index contributed by atoms with van der Waals surface area (Å²) in [6, 6.07) is 0. The molecule has 0 spiro atoms.